The van der Waals surface area contributed by atoms with Crippen molar-refractivity contribution in [2.45, 2.75) is 6.92 Å². The van der Waals surface area contributed by atoms with Crippen LogP contribution in [0.3, 0.4) is 0 Å². The Labute approximate surface area is 158 Å². The molecule has 0 aliphatic carbocycles. The van der Waals surface area contributed by atoms with Crippen molar-refractivity contribution in [3.63, 3.8) is 0 Å². The van der Waals surface area contributed by atoms with Gasteiger partial charge in [-0.15, -0.1) is 0 Å². The fraction of sp³-hybridized carbons (Fsp3) is 0.0500. The molecule has 0 aliphatic heterocycles. The standard InChI is InChI=1S/C20H14BrNO4/c1-13-4-2-3-5-16(13)19(23)10-7-15-8-11-20(26-15)17-9-6-14(22(24)25)12-18(17)21/h2-12H,1H3/b10-7+. The van der Waals surface area contributed by atoms with Crippen LogP contribution in [0.15, 0.2) is 69.6 Å². The van der Waals surface area contributed by atoms with Crippen LogP contribution in [0, 0.1) is 17.0 Å². The molecule has 6 heteroatoms. The van der Waals surface area contributed by atoms with Crippen molar-refractivity contribution < 1.29 is 14.1 Å². The van der Waals surface area contributed by atoms with Gasteiger partial charge < -0.3 is 4.42 Å². The van der Waals surface area contributed by atoms with Gasteiger partial charge in [0, 0.05) is 27.7 Å². The highest BCUT2D eigenvalue weighted by molar-refractivity contribution is 9.10. The van der Waals surface area contributed by atoms with Crippen LogP contribution in [0.25, 0.3) is 17.4 Å². The van der Waals surface area contributed by atoms with Gasteiger partial charge in [-0.2, -0.15) is 0 Å². The first-order valence-electron chi connectivity index (χ1n) is 7.78. The Hall–Kier alpha value is -2.99. The molecule has 5 nitrogen and oxygen atoms in total. The number of benzene rings is 2. The summed E-state index contributed by atoms with van der Waals surface area (Å²) in [5.41, 5.74) is 2.25. The van der Waals surface area contributed by atoms with Gasteiger partial charge in [0.05, 0.1) is 4.92 Å². The van der Waals surface area contributed by atoms with Gasteiger partial charge >= 0.3 is 0 Å². The quantitative estimate of drug-likeness (QED) is 0.229. The highest BCUT2D eigenvalue weighted by atomic mass is 79.9. The molecule has 1 aromatic heterocycles. The SMILES string of the molecule is Cc1ccccc1C(=O)/C=C/c1ccc(-c2ccc([N+](=O)[O-])cc2Br)o1. The van der Waals surface area contributed by atoms with Gasteiger partial charge in [0.2, 0.25) is 0 Å². The number of hydrogen-bond acceptors (Lipinski definition) is 4. The summed E-state index contributed by atoms with van der Waals surface area (Å²) >= 11 is 3.33. The summed E-state index contributed by atoms with van der Waals surface area (Å²) < 4.78 is 6.29. The minimum absolute atomic E-state index is 0.00359. The van der Waals surface area contributed by atoms with Gasteiger partial charge in [0.1, 0.15) is 11.5 Å². The van der Waals surface area contributed by atoms with Crippen molar-refractivity contribution in [3.8, 4) is 11.3 Å². The maximum Gasteiger partial charge on any atom is 0.270 e. The van der Waals surface area contributed by atoms with Crippen LogP contribution in [-0.2, 0) is 0 Å². The second kappa shape index (κ2) is 7.49. The number of carbonyl (C=O) groups excluding carboxylic acids is 1. The number of rotatable bonds is 5. The fourth-order valence-electron chi connectivity index (χ4n) is 2.50. The Kier molecular flexibility index (Phi) is 5.14. The molecule has 3 rings (SSSR count). The lowest BCUT2D eigenvalue weighted by atomic mass is 10.0. The van der Waals surface area contributed by atoms with Gasteiger partial charge in [0.15, 0.2) is 5.78 Å². The van der Waals surface area contributed by atoms with Gasteiger partial charge in [-0.05, 0) is 58.8 Å². The summed E-state index contributed by atoms with van der Waals surface area (Å²) in [6, 6.07) is 15.3. The van der Waals surface area contributed by atoms with E-state index in [1.165, 1.54) is 18.2 Å². The first kappa shape index (κ1) is 17.8. The molecule has 0 atom stereocenters. The zero-order chi connectivity index (χ0) is 18.7. The number of carbonyl (C=O) groups is 1. The van der Waals surface area contributed by atoms with E-state index in [2.05, 4.69) is 15.9 Å². The third-order valence-electron chi connectivity index (χ3n) is 3.87. The third kappa shape index (κ3) is 3.81. The van der Waals surface area contributed by atoms with Crippen molar-refractivity contribution >= 4 is 33.5 Å². The van der Waals surface area contributed by atoms with Crippen LogP contribution in [-0.4, -0.2) is 10.7 Å². The first-order chi connectivity index (χ1) is 12.5. The molecule has 0 radical (unpaired) electrons. The van der Waals surface area contributed by atoms with Crippen molar-refractivity contribution in [1.29, 1.82) is 0 Å². The molecule has 0 amide bonds. The lowest BCUT2D eigenvalue weighted by Gasteiger charge is -2.01. The number of nitro groups is 1. The Morgan fingerprint density at radius 3 is 2.62 bits per heavy atom. The molecule has 3 aromatic rings. The highest BCUT2D eigenvalue weighted by Crippen LogP contribution is 2.32. The second-order valence-electron chi connectivity index (χ2n) is 5.64. The largest absolute Gasteiger partial charge is 0.457 e. The number of hydrogen-bond donors (Lipinski definition) is 0. The molecule has 0 aliphatic rings. The number of halogens is 1. The van der Waals surface area contributed by atoms with E-state index < -0.39 is 4.92 Å². The van der Waals surface area contributed by atoms with Gasteiger partial charge in [-0.1, -0.05) is 24.3 Å². The number of allylic oxidation sites excluding steroid dienone is 1. The van der Waals surface area contributed by atoms with Crippen molar-refractivity contribution in [2.75, 3.05) is 0 Å². The number of nitro benzene ring substituents is 1. The second-order valence-corrected chi connectivity index (χ2v) is 6.49. The minimum atomic E-state index is -0.456. The summed E-state index contributed by atoms with van der Waals surface area (Å²) in [6.07, 6.45) is 3.08. The molecule has 1 heterocycles. The van der Waals surface area contributed by atoms with E-state index in [0.717, 1.165) is 5.56 Å². The number of ketones is 1. The van der Waals surface area contributed by atoms with Crippen molar-refractivity contribution in [1.82, 2.24) is 0 Å². The predicted octanol–water partition coefficient (Wildman–Crippen LogP) is 5.82. The summed E-state index contributed by atoms with van der Waals surface area (Å²) in [4.78, 5) is 22.6. The maximum absolute atomic E-state index is 12.3. The zero-order valence-electron chi connectivity index (χ0n) is 13.8. The minimum Gasteiger partial charge on any atom is -0.457 e. The molecule has 2 aromatic carbocycles. The molecule has 130 valence electrons. The van der Waals surface area contributed by atoms with Crippen LogP contribution in [0.5, 0.6) is 0 Å². The van der Waals surface area contributed by atoms with E-state index in [4.69, 9.17) is 4.42 Å². The molecule has 0 bridgehead atoms. The predicted molar refractivity (Wildman–Crippen MR) is 103 cm³/mol. The Morgan fingerprint density at radius 2 is 1.92 bits per heavy atom. The monoisotopic (exact) mass is 411 g/mol. The molecule has 0 fully saturated rings. The van der Waals surface area contributed by atoms with E-state index in [1.807, 2.05) is 25.1 Å². The van der Waals surface area contributed by atoms with E-state index in [0.29, 0.717) is 27.1 Å². The van der Waals surface area contributed by atoms with E-state index in [9.17, 15) is 14.9 Å². The van der Waals surface area contributed by atoms with Crippen LogP contribution < -0.4 is 0 Å². The Bertz CT molecular complexity index is 1020. The maximum atomic E-state index is 12.3. The lowest BCUT2D eigenvalue weighted by molar-refractivity contribution is -0.384. The third-order valence-corrected chi connectivity index (χ3v) is 4.52. The molecule has 26 heavy (non-hydrogen) atoms. The number of aryl methyl sites for hydroxylation is 1. The Morgan fingerprint density at radius 1 is 1.15 bits per heavy atom. The van der Waals surface area contributed by atoms with Crippen LogP contribution >= 0.6 is 15.9 Å². The normalized spacial score (nSPS) is 11.0. The molecular weight excluding hydrogens is 398 g/mol. The van der Waals surface area contributed by atoms with Gasteiger partial charge in [0.25, 0.3) is 5.69 Å². The molecule has 0 N–H and O–H groups in total. The molecule has 0 spiro atoms. The van der Waals surface area contributed by atoms with E-state index in [-0.39, 0.29) is 11.5 Å². The topological polar surface area (TPSA) is 73.3 Å². The average molecular weight is 412 g/mol. The lowest BCUT2D eigenvalue weighted by Crippen LogP contribution is -1.96. The number of furan rings is 1. The summed E-state index contributed by atoms with van der Waals surface area (Å²) in [7, 11) is 0. The van der Waals surface area contributed by atoms with Gasteiger partial charge in [-0.25, -0.2) is 0 Å². The van der Waals surface area contributed by atoms with Gasteiger partial charge in [-0.3, -0.25) is 14.9 Å². The first-order valence-corrected chi connectivity index (χ1v) is 8.57. The molecule has 0 saturated carbocycles. The molecule has 0 saturated heterocycles. The summed E-state index contributed by atoms with van der Waals surface area (Å²) in [5, 5.41) is 10.8. The zero-order valence-corrected chi connectivity index (χ0v) is 15.4. The van der Waals surface area contributed by atoms with E-state index in [1.54, 1.807) is 30.3 Å². The summed E-state index contributed by atoms with van der Waals surface area (Å²) in [6.45, 7) is 1.89. The van der Waals surface area contributed by atoms with E-state index >= 15 is 0 Å². The highest BCUT2D eigenvalue weighted by Gasteiger charge is 2.13. The molecular formula is C20H14BrNO4. The van der Waals surface area contributed by atoms with Crippen molar-refractivity contribution in [2.24, 2.45) is 0 Å². The Balaban J connectivity index is 1.81. The van der Waals surface area contributed by atoms with Crippen LogP contribution in [0.1, 0.15) is 21.7 Å². The number of non-ortho nitro benzene ring substituents is 1. The smallest absolute Gasteiger partial charge is 0.270 e. The summed E-state index contributed by atoms with van der Waals surface area (Å²) in [5.74, 6) is 0.972. The van der Waals surface area contributed by atoms with Crippen LogP contribution in [0.4, 0.5) is 5.69 Å². The fourth-order valence-corrected chi connectivity index (χ4v) is 3.06. The molecule has 0 unspecified atom stereocenters. The average Bonchev–Trinajstić information content (AvgIpc) is 3.08. The number of nitrogens with zero attached hydrogens (tertiary/aromatic N) is 1. The van der Waals surface area contributed by atoms with Crippen LogP contribution in [0.2, 0.25) is 0 Å². The van der Waals surface area contributed by atoms with Crippen molar-refractivity contribution in [3.05, 3.63) is 92.1 Å².